The Kier molecular flexibility index (Phi) is 5.91. The van der Waals surface area contributed by atoms with Crippen molar-refractivity contribution < 1.29 is 4.42 Å². The number of benzene rings is 9. The largest absolute Gasteiger partial charge is 0.456 e. The van der Waals surface area contributed by atoms with E-state index in [1.807, 2.05) is 6.07 Å². The number of fused-ring (bicyclic) bond motifs is 10. The molecule has 0 saturated heterocycles. The molecule has 0 fully saturated rings. The van der Waals surface area contributed by atoms with E-state index in [4.69, 9.17) is 4.42 Å². The van der Waals surface area contributed by atoms with E-state index in [1.165, 1.54) is 54.2 Å². The van der Waals surface area contributed by atoms with E-state index in [1.54, 1.807) is 0 Å². The SMILES string of the molecule is c1ccc(N(c2ccc(-c3ccc4ccc5ccc6ccccc6c5c4c3)cc2)c2cc3oc4ccccc4c3c3ccccc23)cc1. The molecule has 10 aromatic rings. The second-order valence-corrected chi connectivity index (χ2v) is 12.5. The van der Waals surface area contributed by atoms with Crippen LogP contribution in [-0.2, 0) is 0 Å². The van der Waals surface area contributed by atoms with Crippen molar-refractivity contribution >= 4 is 82.1 Å². The second kappa shape index (κ2) is 10.6. The molecule has 48 heavy (non-hydrogen) atoms. The fourth-order valence-corrected chi connectivity index (χ4v) is 7.57. The lowest BCUT2D eigenvalue weighted by Crippen LogP contribution is -2.10. The topological polar surface area (TPSA) is 16.4 Å². The molecule has 0 spiro atoms. The van der Waals surface area contributed by atoms with Crippen LogP contribution in [0.25, 0.3) is 76.2 Å². The third kappa shape index (κ3) is 4.13. The molecule has 0 aliphatic carbocycles. The Morgan fingerprint density at radius 3 is 1.73 bits per heavy atom. The predicted octanol–water partition coefficient (Wildman–Crippen LogP) is 13.3. The third-order valence-corrected chi connectivity index (χ3v) is 9.80. The van der Waals surface area contributed by atoms with Crippen LogP contribution in [0.5, 0.6) is 0 Å². The van der Waals surface area contributed by atoms with Gasteiger partial charge in [0, 0.05) is 33.6 Å². The highest BCUT2D eigenvalue weighted by atomic mass is 16.3. The van der Waals surface area contributed by atoms with Gasteiger partial charge in [0.2, 0.25) is 0 Å². The number of hydrogen-bond donors (Lipinski definition) is 0. The van der Waals surface area contributed by atoms with Crippen molar-refractivity contribution in [2.75, 3.05) is 4.90 Å². The van der Waals surface area contributed by atoms with E-state index in [-0.39, 0.29) is 0 Å². The molecular weight excluding hydrogens is 583 g/mol. The molecule has 2 heteroatoms. The lowest BCUT2D eigenvalue weighted by molar-refractivity contribution is 0.669. The Balaban J connectivity index is 1.14. The Bertz CT molecular complexity index is 2820. The molecule has 0 amide bonds. The zero-order valence-corrected chi connectivity index (χ0v) is 26.1. The smallest absolute Gasteiger partial charge is 0.138 e. The standard InChI is InChI=1S/C46H29NO/c1-2-11-35(12-3-1)47(42-29-44-46(39-15-7-6-14-38(39)42)40-16-8-9-17-43(40)48-44)36-26-24-30(25-27-36)34-23-20-32-19-22-33-21-18-31-10-4-5-13-37(31)45(33)41(32)28-34/h1-29H. The van der Waals surface area contributed by atoms with Crippen LogP contribution in [0.2, 0.25) is 0 Å². The van der Waals surface area contributed by atoms with Gasteiger partial charge in [-0.25, -0.2) is 0 Å². The van der Waals surface area contributed by atoms with Crippen LogP contribution < -0.4 is 4.90 Å². The lowest BCUT2D eigenvalue weighted by atomic mass is 9.94. The van der Waals surface area contributed by atoms with Crippen molar-refractivity contribution in [2.45, 2.75) is 0 Å². The summed E-state index contributed by atoms with van der Waals surface area (Å²) in [7, 11) is 0. The number of hydrogen-bond acceptors (Lipinski definition) is 2. The molecule has 0 radical (unpaired) electrons. The fraction of sp³-hybridized carbons (Fsp3) is 0. The van der Waals surface area contributed by atoms with Crippen LogP contribution in [0.3, 0.4) is 0 Å². The Labute approximate surface area is 277 Å². The fourth-order valence-electron chi connectivity index (χ4n) is 7.57. The van der Waals surface area contributed by atoms with Crippen molar-refractivity contribution in [1.82, 2.24) is 0 Å². The molecule has 1 heterocycles. The highest BCUT2D eigenvalue weighted by Crippen LogP contribution is 2.45. The first kappa shape index (κ1) is 26.8. The van der Waals surface area contributed by atoms with Crippen molar-refractivity contribution in [3.8, 4) is 11.1 Å². The third-order valence-electron chi connectivity index (χ3n) is 9.80. The highest BCUT2D eigenvalue weighted by molar-refractivity contribution is 6.23. The quantitative estimate of drug-likeness (QED) is 0.184. The van der Waals surface area contributed by atoms with E-state index in [0.717, 1.165) is 39.0 Å². The molecule has 10 rings (SSSR count). The Hall–Kier alpha value is -6.38. The van der Waals surface area contributed by atoms with Crippen molar-refractivity contribution in [3.63, 3.8) is 0 Å². The summed E-state index contributed by atoms with van der Waals surface area (Å²) in [6.45, 7) is 0. The summed E-state index contributed by atoms with van der Waals surface area (Å²) >= 11 is 0. The number of furan rings is 1. The van der Waals surface area contributed by atoms with Gasteiger partial charge in [0.1, 0.15) is 11.2 Å². The van der Waals surface area contributed by atoms with Crippen LogP contribution in [0.4, 0.5) is 17.1 Å². The zero-order chi connectivity index (χ0) is 31.6. The normalized spacial score (nSPS) is 11.8. The molecule has 0 bridgehead atoms. The summed E-state index contributed by atoms with van der Waals surface area (Å²) in [6.07, 6.45) is 0. The maximum Gasteiger partial charge on any atom is 0.138 e. The van der Waals surface area contributed by atoms with Crippen LogP contribution in [0, 0.1) is 0 Å². The molecule has 0 aliphatic heterocycles. The molecule has 9 aromatic carbocycles. The average molecular weight is 612 g/mol. The van der Waals surface area contributed by atoms with E-state index < -0.39 is 0 Å². The van der Waals surface area contributed by atoms with Gasteiger partial charge < -0.3 is 9.32 Å². The number of rotatable bonds is 4. The van der Waals surface area contributed by atoms with Crippen molar-refractivity contribution in [1.29, 1.82) is 0 Å². The molecule has 0 N–H and O–H groups in total. The monoisotopic (exact) mass is 611 g/mol. The van der Waals surface area contributed by atoms with Crippen molar-refractivity contribution in [3.05, 3.63) is 176 Å². The molecule has 1 aromatic heterocycles. The summed E-state index contributed by atoms with van der Waals surface area (Å²) in [5.74, 6) is 0. The van der Waals surface area contributed by atoms with Gasteiger partial charge in [0.25, 0.3) is 0 Å². The number of para-hydroxylation sites is 2. The van der Waals surface area contributed by atoms with Crippen LogP contribution >= 0.6 is 0 Å². The summed E-state index contributed by atoms with van der Waals surface area (Å²) in [4.78, 5) is 2.35. The number of nitrogens with zero attached hydrogens (tertiary/aromatic N) is 1. The van der Waals surface area contributed by atoms with E-state index in [2.05, 4.69) is 175 Å². The zero-order valence-electron chi connectivity index (χ0n) is 26.1. The maximum atomic E-state index is 6.47. The summed E-state index contributed by atoms with van der Waals surface area (Å²) in [6, 6.07) is 63.3. The van der Waals surface area contributed by atoms with Gasteiger partial charge in [0.05, 0.1) is 5.69 Å². The van der Waals surface area contributed by atoms with Gasteiger partial charge in [0.15, 0.2) is 0 Å². The Morgan fingerprint density at radius 2 is 0.917 bits per heavy atom. The second-order valence-electron chi connectivity index (χ2n) is 12.5. The van der Waals surface area contributed by atoms with E-state index in [0.29, 0.717) is 0 Å². The van der Waals surface area contributed by atoms with Gasteiger partial charge in [-0.3, -0.25) is 0 Å². The van der Waals surface area contributed by atoms with Crippen LogP contribution in [0.15, 0.2) is 180 Å². The first-order valence-electron chi connectivity index (χ1n) is 16.4. The molecule has 0 unspecified atom stereocenters. The van der Waals surface area contributed by atoms with Gasteiger partial charge in [-0.05, 0) is 85.2 Å². The average Bonchev–Trinajstić information content (AvgIpc) is 3.54. The van der Waals surface area contributed by atoms with Crippen LogP contribution in [-0.4, -0.2) is 0 Å². The molecular formula is C46H29NO. The molecule has 0 atom stereocenters. The number of anilines is 3. The maximum absolute atomic E-state index is 6.47. The van der Waals surface area contributed by atoms with Gasteiger partial charge in [-0.2, -0.15) is 0 Å². The van der Waals surface area contributed by atoms with E-state index in [9.17, 15) is 0 Å². The van der Waals surface area contributed by atoms with Crippen molar-refractivity contribution in [2.24, 2.45) is 0 Å². The minimum Gasteiger partial charge on any atom is -0.456 e. The molecule has 2 nitrogen and oxygen atoms in total. The minimum absolute atomic E-state index is 0.887. The minimum atomic E-state index is 0.887. The highest BCUT2D eigenvalue weighted by Gasteiger charge is 2.20. The lowest BCUT2D eigenvalue weighted by Gasteiger charge is -2.27. The molecule has 224 valence electrons. The first-order valence-corrected chi connectivity index (χ1v) is 16.4. The van der Waals surface area contributed by atoms with Gasteiger partial charge in [-0.1, -0.05) is 133 Å². The summed E-state index contributed by atoms with van der Waals surface area (Å²) in [5.41, 5.74) is 7.44. The summed E-state index contributed by atoms with van der Waals surface area (Å²) < 4.78 is 6.47. The Morgan fingerprint density at radius 1 is 0.333 bits per heavy atom. The van der Waals surface area contributed by atoms with Gasteiger partial charge in [-0.15, -0.1) is 0 Å². The first-order chi connectivity index (χ1) is 23.8. The molecule has 0 aliphatic rings. The summed E-state index contributed by atoms with van der Waals surface area (Å²) in [5, 5.41) is 12.3. The van der Waals surface area contributed by atoms with Crippen LogP contribution in [0.1, 0.15) is 0 Å². The van der Waals surface area contributed by atoms with E-state index >= 15 is 0 Å². The molecule has 0 saturated carbocycles. The predicted molar refractivity (Wildman–Crippen MR) is 204 cm³/mol. The van der Waals surface area contributed by atoms with Gasteiger partial charge >= 0.3 is 0 Å².